The molecule has 1 fully saturated rings. The van der Waals surface area contributed by atoms with Gasteiger partial charge < -0.3 is 9.64 Å². The van der Waals surface area contributed by atoms with E-state index in [2.05, 4.69) is 67.3 Å². The van der Waals surface area contributed by atoms with E-state index in [0.717, 1.165) is 43.8 Å². The second kappa shape index (κ2) is 10.5. The minimum absolute atomic E-state index is 0.544. The van der Waals surface area contributed by atoms with Gasteiger partial charge in [-0.05, 0) is 66.6 Å². The summed E-state index contributed by atoms with van der Waals surface area (Å²) >= 11 is 0. The lowest BCUT2D eigenvalue weighted by Crippen LogP contribution is -2.29. The number of aryl methyl sites for hydroxylation is 1. The van der Waals surface area contributed by atoms with E-state index >= 15 is 0 Å². The molecule has 1 saturated carbocycles. The minimum Gasteiger partial charge on any atom is -0.492 e. The van der Waals surface area contributed by atoms with Gasteiger partial charge in [-0.3, -0.25) is 0 Å². The monoisotopic (exact) mass is 405 g/mol. The van der Waals surface area contributed by atoms with Crippen molar-refractivity contribution in [1.82, 2.24) is 4.90 Å². The van der Waals surface area contributed by atoms with Crippen LogP contribution >= 0.6 is 0 Å². The first kappa shape index (κ1) is 21.4. The van der Waals surface area contributed by atoms with E-state index in [4.69, 9.17) is 4.74 Å². The Kier molecular flexibility index (Phi) is 7.49. The van der Waals surface area contributed by atoms with Crippen LogP contribution in [0.1, 0.15) is 75.0 Å². The number of hydrogen-bond donors (Lipinski definition) is 0. The maximum atomic E-state index is 6.05. The number of fused-ring (bicyclic) bond motifs is 1. The van der Waals surface area contributed by atoms with Gasteiger partial charge >= 0.3 is 0 Å². The van der Waals surface area contributed by atoms with Crippen molar-refractivity contribution in [2.75, 3.05) is 26.2 Å². The molecule has 2 nitrogen and oxygen atoms in total. The zero-order valence-corrected chi connectivity index (χ0v) is 19.0. The Hall–Kier alpha value is -1.80. The van der Waals surface area contributed by atoms with E-state index in [-0.39, 0.29) is 0 Å². The smallest absolute Gasteiger partial charge is 0.119 e. The van der Waals surface area contributed by atoms with Crippen LogP contribution in [0.25, 0.3) is 0 Å². The SMILES string of the molecule is CCN(CC)CCOc1ccc(C2c3ccccc3CCC2C2CCCCC2)cc1. The van der Waals surface area contributed by atoms with Gasteiger partial charge in [0.05, 0.1) is 0 Å². The highest BCUT2D eigenvalue weighted by molar-refractivity contribution is 5.42. The van der Waals surface area contributed by atoms with Crippen LogP contribution in [-0.2, 0) is 6.42 Å². The Labute approximate surface area is 183 Å². The van der Waals surface area contributed by atoms with Crippen LogP contribution in [0.2, 0.25) is 0 Å². The molecular weight excluding hydrogens is 366 g/mol. The molecule has 2 atom stereocenters. The Morgan fingerprint density at radius 3 is 2.33 bits per heavy atom. The van der Waals surface area contributed by atoms with Gasteiger partial charge in [0.1, 0.15) is 12.4 Å². The number of rotatable bonds is 8. The van der Waals surface area contributed by atoms with Crippen LogP contribution < -0.4 is 4.74 Å². The molecule has 0 radical (unpaired) electrons. The van der Waals surface area contributed by atoms with Crippen molar-refractivity contribution in [1.29, 1.82) is 0 Å². The van der Waals surface area contributed by atoms with Gasteiger partial charge in [0, 0.05) is 12.5 Å². The summed E-state index contributed by atoms with van der Waals surface area (Å²) < 4.78 is 6.05. The zero-order chi connectivity index (χ0) is 20.8. The maximum Gasteiger partial charge on any atom is 0.119 e. The molecule has 0 bridgehead atoms. The molecular formula is C28H39NO. The molecule has 2 aliphatic rings. The summed E-state index contributed by atoms with van der Waals surface area (Å²) in [6.07, 6.45) is 9.73. The summed E-state index contributed by atoms with van der Waals surface area (Å²) in [5, 5.41) is 0. The van der Waals surface area contributed by atoms with E-state index in [1.807, 2.05) is 0 Å². The molecule has 30 heavy (non-hydrogen) atoms. The molecule has 2 heteroatoms. The van der Waals surface area contributed by atoms with Crippen LogP contribution in [0, 0.1) is 11.8 Å². The molecule has 0 saturated heterocycles. The average Bonchev–Trinajstić information content (AvgIpc) is 2.82. The molecule has 2 aromatic rings. The largest absolute Gasteiger partial charge is 0.492 e. The first-order valence-electron chi connectivity index (χ1n) is 12.3. The van der Waals surface area contributed by atoms with E-state index in [9.17, 15) is 0 Å². The number of ether oxygens (including phenoxy) is 1. The molecule has 0 amide bonds. The summed E-state index contributed by atoms with van der Waals surface area (Å²) in [6.45, 7) is 8.35. The van der Waals surface area contributed by atoms with Gasteiger partial charge in [-0.15, -0.1) is 0 Å². The quantitative estimate of drug-likeness (QED) is 0.485. The molecule has 0 N–H and O–H groups in total. The highest BCUT2D eigenvalue weighted by Gasteiger charge is 2.36. The van der Waals surface area contributed by atoms with Crippen LogP contribution in [0.15, 0.2) is 48.5 Å². The molecule has 0 aromatic heterocycles. The van der Waals surface area contributed by atoms with Gasteiger partial charge in [-0.1, -0.05) is 82.3 Å². The average molecular weight is 406 g/mol. The molecule has 2 aromatic carbocycles. The van der Waals surface area contributed by atoms with Gasteiger partial charge in [0.25, 0.3) is 0 Å². The molecule has 162 valence electrons. The molecule has 0 spiro atoms. The summed E-state index contributed by atoms with van der Waals surface area (Å²) in [7, 11) is 0. The summed E-state index contributed by atoms with van der Waals surface area (Å²) in [5.41, 5.74) is 4.62. The molecule has 2 aliphatic carbocycles. The van der Waals surface area contributed by atoms with Crippen molar-refractivity contribution in [2.24, 2.45) is 11.8 Å². The lowest BCUT2D eigenvalue weighted by molar-refractivity contribution is 0.208. The summed E-state index contributed by atoms with van der Waals surface area (Å²) in [5.74, 6) is 3.23. The third-order valence-electron chi connectivity index (χ3n) is 7.63. The Morgan fingerprint density at radius 2 is 1.60 bits per heavy atom. The fourth-order valence-electron chi connectivity index (χ4n) is 5.89. The van der Waals surface area contributed by atoms with Crippen molar-refractivity contribution in [3.63, 3.8) is 0 Å². The topological polar surface area (TPSA) is 12.5 Å². The number of hydrogen-bond acceptors (Lipinski definition) is 2. The van der Waals surface area contributed by atoms with E-state index in [1.54, 1.807) is 11.1 Å². The van der Waals surface area contributed by atoms with Crippen LogP contribution in [-0.4, -0.2) is 31.1 Å². The van der Waals surface area contributed by atoms with Gasteiger partial charge in [0.15, 0.2) is 0 Å². The van der Waals surface area contributed by atoms with Crippen LogP contribution in [0.5, 0.6) is 5.75 Å². The van der Waals surface area contributed by atoms with E-state index < -0.39 is 0 Å². The summed E-state index contributed by atoms with van der Waals surface area (Å²) in [4.78, 5) is 2.40. The second-order valence-electron chi connectivity index (χ2n) is 9.22. The zero-order valence-electron chi connectivity index (χ0n) is 19.0. The second-order valence-corrected chi connectivity index (χ2v) is 9.22. The van der Waals surface area contributed by atoms with Crippen molar-refractivity contribution >= 4 is 0 Å². The Morgan fingerprint density at radius 1 is 0.867 bits per heavy atom. The predicted octanol–water partition coefficient (Wildman–Crippen LogP) is 6.68. The van der Waals surface area contributed by atoms with Crippen molar-refractivity contribution < 1.29 is 4.74 Å². The number of nitrogens with zero attached hydrogens (tertiary/aromatic N) is 1. The highest BCUT2D eigenvalue weighted by Crippen LogP contribution is 2.48. The molecule has 4 rings (SSSR count). The van der Waals surface area contributed by atoms with Gasteiger partial charge in [0.2, 0.25) is 0 Å². The van der Waals surface area contributed by atoms with Gasteiger partial charge in [-0.25, -0.2) is 0 Å². The van der Waals surface area contributed by atoms with Crippen molar-refractivity contribution in [3.8, 4) is 5.75 Å². The fraction of sp³-hybridized carbons (Fsp3) is 0.571. The number of benzene rings is 2. The van der Waals surface area contributed by atoms with Crippen molar-refractivity contribution in [2.45, 2.75) is 64.7 Å². The minimum atomic E-state index is 0.544. The fourth-order valence-corrected chi connectivity index (χ4v) is 5.89. The first-order valence-corrected chi connectivity index (χ1v) is 12.3. The Balaban J connectivity index is 1.51. The third kappa shape index (κ3) is 4.91. The van der Waals surface area contributed by atoms with E-state index in [0.29, 0.717) is 5.92 Å². The maximum absolute atomic E-state index is 6.05. The van der Waals surface area contributed by atoms with E-state index in [1.165, 1.54) is 50.5 Å². The summed E-state index contributed by atoms with van der Waals surface area (Å²) in [6, 6.07) is 18.3. The highest BCUT2D eigenvalue weighted by atomic mass is 16.5. The molecule has 0 heterocycles. The lowest BCUT2D eigenvalue weighted by Gasteiger charge is -2.40. The Bertz CT molecular complexity index is 773. The van der Waals surface area contributed by atoms with Crippen molar-refractivity contribution in [3.05, 3.63) is 65.2 Å². The third-order valence-corrected chi connectivity index (χ3v) is 7.63. The van der Waals surface area contributed by atoms with Crippen LogP contribution in [0.4, 0.5) is 0 Å². The number of likely N-dealkylation sites (N-methyl/N-ethyl adjacent to an activating group) is 1. The standard InChI is InChI=1S/C28H39NO/c1-3-29(4-2)20-21-30-25-17-14-24(15-18-25)28-26-13-9-8-12-23(26)16-19-27(28)22-10-6-5-7-11-22/h8-9,12-15,17-18,22,27-28H,3-7,10-11,16,19-21H2,1-2H3. The van der Waals surface area contributed by atoms with Gasteiger partial charge in [-0.2, -0.15) is 0 Å². The molecule has 2 unspecified atom stereocenters. The lowest BCUT2D eigenvalue weighted by atomic mass is 9.64. The van der Waals surface area contributed by atoms with Crippen LogP contribution in [0.3, 0.4) is 0 Å². The first-order chi connectivity index (χ1) is 14.8. The molecule has 0 aliphatic heterocycles. The normalized spacial score (nSPS) is 22.1. The predicted molar refractivity (Wildman–Crippen MR) is 126 cm³/mol.